The van der Waals surface area contributed by atoms with Crippen LogP contribution in [0, 0.1) is 24.2 Å². The number of rotatable bonds is 10. The van der Waals surface area contributed by atoms with Crippen molar-refractivity contribution >= 4 is 39.9 Å². The van der Waals surface area contributed by atoms with Crippen molar-refractivity contribution < 1.29 is 9.59 Å². The Kier molecular flexibility index (Phi) is 9.02. The van der Waals surface area contributed by atoms with Gasteiger partial charge in [0.05, 0.1) is 17.4 Å². The molecule has 4 rings (SSSR count). The SMILES string of the molecule is C=CCn1c(SCC(=O)Nc2sc3c(c2C#N)CCCC3)nnc1C(NC(=O)c1cccc(C)c1)C(C)C. The highest BCUT2D eigenvalue weighted by Crippen LogP contribution is 2.37. The van der Waals surface area contributed by atoms with E-state index >= 15 is 0 Å². The number of carbonyl (C=O) groups excluding carboxylic acids is 2. The molecule has 0 aliphatic heterocycles. The molecule has 0 fully saturated rings. The van der Waals surface area contributed by atoms with Crippen molar-refractivity contribution in [3.63, 3.8) is 0 Å². The fourth-order valence-electron chi connectivity index (χ4n) is 4.54. The number of aryl methyl sites for hydroxylation is 2. The Bertz CT molecular complexity index is 1380. The molecule has 2 aromatic heterocycles. The van der Waals surface area contributed by atoms with Crippen LogP contribution in [0.4, 0.5) is 5.00 Å². The number of allylic oxidation sites excluding steroid dienone is 1. The second-order valence-corrected chi connectivity index (χ2v) is 11.7. The minimum absolute atomic E-state index is 0.0481. The van der Waals surface area contributed by atoms with E-state index in [0.717, 1.165) is 36.8 Å². The summed E-state index contributed by atoms with van der Waals surface area (Å²) in [5.74, 6) is 0.396. The van der Waals surface area contributed by atoms with Crippen LogP contribution in [0.2, 0.25) is 0 Å². The van der Waals surface area contributed by atoms with Crippen LogP contribution >= 0.6 is 23.1 Å². The fraction of sp³-hybridized carbons (Fsp3) is 0.393. The number of anilines is 1. The number of carbonyl (C=O) groups is 2. The molecule has 0 saturated heterocycles. The normalized spacial score (nSPS) is 13.4. The average molecular weight is 549 g/mol. The lowest BCUT2D eigenvalue weighted by Gasteiger charge is -2.22. The molecular formula is C28H32N6O2S2. The van der Waals surface area contributed by atoms with Crippen LogP contribution in [0.25, 0.3) is 0 Å². The Morgan fingerprint density at radius 1 is 1.29 bits per heavy atom. The molecule has 0 spiro atoms. The number of hydrogen-bond acceptors (Lipinski definition) is 7. The topological polar surface area (TPSA) is 113 Å². The van der Waals surface area contributed by atoms with Gasteiger partial charge in [-0.05, 0) is 56.2 Å². The number of thioether (sulfide) groups is 1. The number of amides is 2. The van der Waals surface area contributed by atoms with Crippen molar-refractivity contribution in [3.8, 4) is 6.07 Å². The molecule has 1 aliphatic rings. The van der Waals surface area contributed by atoms with Crippen LogP contribution in [0.3, 0.4) is 0 Å². The first-order chi connectivity index (χ1) is 18.3. The predicted octanol–water partition coefficient (Wildman–Crippen LogP) is 5.44. The molecule has 3 aromatic rings. The lowest BCUT2D eigenvalue weighted by molar-refractivity contribution is -0.113. The smallest absolute Gasteiger partial charge is 0.251 e. The quantitative estimate of drug-likeness (QED) is 0.258. The van der Waals surface area contributed by atoms with E-state index in [1.165, 1.54) is 28.0 Å². The molecular weight excluding hydrogens is 516 g/mol. The lowest BCUT2D eigenvalue weighted by atomic mass is 9.96. The van der Waals surface area contributed by atoms with E-state index < -0.39 is 0 Å². The van der Waals surface area contributed by atoms with Gasteiger partial charge in [0, 0.05) is 17.0 Å². The average Bonchev–Trinajstić information content (AvgIpc) is 3.46. The number of nitrogens with one attached hydrogen (secondary N) is 2. The van der Waals surface area contributed by atoms with Crippen molar-refractivity contribution in [1.82, 2.24) is 20.1 Å². The highest BCUT2D eigenvalue weighted by molar-refractivity contribution is 7.99. The van der Waals surface area contributed by atoms with Crippen molar-refractivity contribution in [2.24, 2.45) is 5.92 Å². The monoisotopic (exact) mass is 548 g/mol. The van der Waals surface area contributed by atoms with E-state index in [2.05, 4.69) is 33.5 Å². The van der Waals surface area contributed by atoms with Crippen molar-refractivity contribution in [1.29, 1.82) is 5.26 Å². The Morgan fingerprint density at radius 2 is 2.08 bits per heavy atom. The predicted molar refractivity (Wildman–Crippen MR) is 151 cm³/mol. The van der Waals surface area contributed by atoms with Gasteiger partial charge >= 0.3 is 0 Å². The first-order valence-electron chi connectivity index (χ1n) is 12.7. The van der Waals surface area contributed by atoms with E-state index in [4.69, 9.17) is 0 Å². The molecule has 38 heavy (non-hydrogen) atoms. The highest BCUT2D eigenvalue weighted by atomic mass is 32.2. The van der Waals surface area contributed by atoms with Gasteiger partial charge in [-0.15, -0.1) is 28.1 Å². The third-order valence-electron chi connectivity index (χ3n) is 6.44. The van der Waals surface area contributed by atoms with Gasteiger partial charge in [-0.1, -0.05) is 49.4 Å². The number of nitriles is 1. The van der Waals surface area contributed by atoms with Crippen LogP contribution in [0.1, 0.15) is 70.5 Å². The molecule has 0 bridgehead atoms. The molecule has 0 radical (unpaired) electrons. The fourth-order valence-corrected chi connectivity index (χ4v) is 6.55. The van der Waals surface area contributed by atoms with Crippen molar-refractivity contribution in [2.75, 3.05) is 11.1 Å². The lowest BCUT2D eigenvalue weighted by Crippen LogP contribution is -2.34. The zero-order valence-corrected chi connectivity index (χ0v) is 23.5. The Balaban J connectivity index is 1.48. The molecule has 8 nitrogen and oxygen atoms in total. The standard InChI is InChI=1S/C28H32N6O2S2/c1-5-13-34-25(24(17(2)3)31-26(36)19-10-8-9-18(4)14-19)32-33-28(34)37-16-23(35)30-27-21(15-29)20-11-6-7-12-22(20)38-27/h5,8-10,14,17,24H,1,6-7,11-13,16H2,2-4H3,(H,30,35)(H,31,36). The molecule has 1 aromatic carbocycles. The number of benzene rings is 1. The number of nitrogens with zero attached hydrogens (tertiary/aromatic N) is 4. The van der Waals surface area contributed by atoms with E-state index in [1.807, 2.05) is 43.5 Å². The summed E-state index contributed by atoms with van der Waals surface area (Å²) < 4.78 is 1.89. The molecule has 1 unspecified atom stereocenters. The molecule has 0 saturated carbocycles. The minimum atomic E-state index is -0.380. The van der Waals surface area contributed by atoms with E-state index in [0.29, 0.717) is 33.7 Å². The largest absolute Gasteiger partial charge is 0.342 e. The van der Waals surface area contributed by atoms with Gasteiger partial charge in [0.2, 0.25) is 5.91 Å². The van der Waals surface area contributed by atoms with Gasteiger partial charge in [0.15, 0.2) is 11.0 Å². The first-order valence-corrected chi connectivity index (χ1v) is 14.5. The second kappa shape index (κ2) is 12.4. The number of fused-ring (bicyclic) bond motifs is 1. The maximum absolute atomic E-state index is 13.0. The van der Waals surface area contributed by atoms with Crippen LogP contribution in [0.5, 0.6) is 0 Å². The zero-order valence-electron chi connectivity index (χ0n) is 21.9. The summed E-state index contributed by atoms with van der Waals surface area (Å²) in [5.41, 5.74) is 3.29. The highest BCUT2D eigenvalue weighted by Gasteiger charge is 2.27. The van der Waals surface area contributed by atoms with Crippen molar-refractivity contribution in [3.05, 3.63) is 69.9 Å². The zero-order chi connectivity index (χ0) is 27.2. The Hall–Kier alpha value is -3.42. The molecule has 198 valence electrons. The summed E-state index contributed by atoms with van der Waals surface area (Å²) in [6.45, 7) is 10.3. The van der Waals surface area contributed by atoms with Gasteiger partial charge in [-0.25, -0.2) is 0 Å². The van der Waals surface area contributed by atoms with Crippen LogP contribution in [0.15, 0.2) is 42.1 Å². The third-order valence-corrected chi connectivity index (χ3v) is 8.61. The van der Waals surface area contributed by atoms with Crippen LogP contribution in [-0.2, 0) is 24.2 Å². The first kappa shape index (κ1) is 27.6. The second-order valence-electron chi connectivity index (χ2n) is 9.67. The van der Waals surface area contributed by atoms with Crippen LogP contribution in [-0.4, -0.2) is 32.3 Å². The van der Waals surface area contributed by atoms with Gasteiger partial charge in [0.25, 0.3) is 5.91 Å². The molecule has 2 N–H and O–H groups in total. The van der Waals surface area contributed by atoms with E-state index in [9.17, 15) is 14.9 Å². The molecule has 10 heteroatoms. The number of hydrogen-bond donors (Lipinski definition) is 2. The molecule has 2 amide bonds. The van der Waals surface area contributed by atoms with E-state index in [-0.39, 0.29) is 29.5 Å². The summed E-state index contributed by atoms with van der Waals surface area (Å²) in [6.07, 6.45) is 5.79. The van der Waals surface area contributed by atoms with E-state index in [1.54, 1.807) is 12.1 Å². The van der Waals surface area contributed by atoms with Crippen LogP contribution < -0.4 is 10.6 Å². The summed E-state index contributed by atoms with van der Waals surface area (Å²) in [4.78, 5) is 27.1. The van der Waals surface area contributed by atoms with Gasteiger partial charge in [-0.3, -0.25) is 9.59 Å². The molecule has 2 heterocycles. The summed E-state index contributed by atoms with van der Waals surface area (Å²) in [7, 11) is 0. The summed E-state index contributed by atoms with van der Waals surface area (Å²) in [6, 6.07) is 9.35. The number of aromatic nitrogens is 3. The Morgan fingerprint density at radius 3 is 2.79 bits per heavy atom. The minimum Gasteiger partial charge on any atom is -0.342 e. The van der Waals surface area contributed by atoms with Gasteiger partial charge in [-0.2, -0.15) is 5.26 Å². The molecule has 1 atom stereocenters. The van der Waals surface area contributed by atoms with Gasteiger partial charge in [0.1, 0.15) is 11.1 Å². The number of thiophene rings is 1. The summed E-state index contributed by atoms with van der Waals surface area (Å²) in [5, 5.41) is 25.7. The Labute approximate surface area is 231 Å². The molecule has 1 aliphatic carbocycles. The maximum Gasteiger partial charge on any atom is 0.251 e. The summed E-state index contributed by atoms with van der Waals surface area (Å²) >= 11 is 2.78. The maximum atomic E-state index is 13.0. The van der Waals surface area contributed by atoms with Gasteiger partial charge < -0.3 is 15.2 Å². The third kappa shape index (κ3) is 6.17. The van der Waals surface area contributed by atoms with Crippen molar-refractivity contribution in [2.45, 2.75) is 64.2 Å².